The SMILES string of the molecule is CCOc1cc(/C=N/NC(=O)c2cc(C)[nH]c(=O)n2)cc(Cl)c1OCC. The first-order valence-electron chi connectivity index (χ1n) is 7.95. The smallest absolute Gasteiger partial charge is 0.345 e. The number of rotatable bonds is 7. The number of nitrogens with zero attached hydrogens (tertiary/aromatic N) is 2. The van der Waals surface area contributed by atoms with Gasteiger partial charge < -0.3 is 14.5 Å². The van der Waals surface area contributed by atoms with Gasteiger partial charge in [0, 0.05) is 5.69 Å². The van der Waals surface area contributed by atoms with Gasteiger partial charge in [-0.25, -0.2) is 10.2 Å². The zero-order valence-corrected chi connectivity index (χ0v) is 15.4. The van der Waals surface area contributed by atoms with Gasteiger partial charge in [-0.3, -0.25) is 4.79 Å². The van der Waals surface area contributed by atoms with Gasteiger partial charge in [0.25, 0.3) is 5.91 Å². The van der Waals surface area contributed by atoms with Crippen LogP contribution in [0.5, 0.6) is 11.5 Å². The maximum atomic E-state index is 12.0. The third-order valence-electron chi connectivity index (χ3n) is 3.11. The number of ether oxygens (including phenoxy) is 2. The van der Waals surface area contributed by atoms with Crippen molar-refractivity contribution in [1.82, 2.24) is 15.4 Å². The van der Waals surface area contributed by atoms with Crippen LogP contribution in [0.3, 0.4) is 0 Å². The van der Waals surface area contributed by atoms with E-state index in [0.717, 1.165) is 0 Å². The molecule has 138 valence electrons. The minimum absolute atomic E-state index is 0.0249. The molecule has 8 nitrogen and oxygen atoms in total. The van der Waals surface area contributed by atoms with Crippen molar-refractivity contribution in [2.75, 3.05) is 13.2 Å². The number of aromatic amines is 1. The highest BCUT2D eigenvalue weighted by atomic mass is 35.5. The standard InChI is InChI=1S/C17H19ClN4O4/c1-4-25-14-8-11(7-12(18)15(14)26-5-2)9-19-22-16(23)13-6-10(3)20-17(24)21-13/h6-9H,4-5H2,1-3H3,(H,22,23)(H,20,21,24)/b19-9+. The van der Waals surface area contributed by atoms with Crippen molar-refractivity contribution in [2.45, 2.75) is 20.8 Å². The van der Waals surface area contributed by atoms with Gasteiger partial charge in [-0.2, -0.15) is 10.1 Å². The predicted molar refractivity (Wildman–Crippen MR) is 98.4 cm³/mol. The first-order valence-corrected chi connectivity index (χ1v) is 8.32. The molecule has 0 aliphatic heterocycles. The molecule has 0 bridgehead atoms. The maximum absolute atomic E-state index is 12.0. The number of benzene rings is 1. The molecule has 1 aromatic carbocycles. The van der Waals surface area contributed by atoms with Crippen LogP contribution in [0, 0.1) is 6.92 Å². The summed E-state index contributed by atoms with van der Waals surface area (Å²) in [5.41, 5.74) is 2.82. The topological polar surface area (TPSA) is 106 Å². The number of hydrogen-bond donors (Lipinski definition) is 2. The number of aromatic nitrogens is 2. The Labute approximate surface area is 155 Å². The highest BCUT2D eigenvalue weighted by Crippen LogP contribution is 2.36. The number of carbonyl (C=O) groups is 1. The van der Waals surface area contributed by atoms with Gasteiger partial charge in [0.1, 0.15) is 5.69 Å². The summed E-state index contributed by atoms with van der Waals surface area (Å²) in [5.74, 6) is 0.347. The lowest BCUT2D eigenvalue weighted by molar-refractivity contribution is 0.0949. The molecule has 0 spiro atoms. The van der Waals surface area contributed by atoms with E-state index in [1.54, 1.807) is 19.1 Å². The molecule has 0 unspecified atom stereocenters. The Morgan fingerprint density at radius 3 is 2.69 bits per heavy atom. The zero-order chi connectivity index (χ0) is 19.1. The van der Waals surface area contributed by atoms with Gasteiger partial charge in [-0.1, -0.05) is 11.6 Å². The number of halogens is 1. The molecule has 0 saturated heterocycles. The summed E-state index contributed by atoms with van der Waals surface area (Å²) >= 11 is 6.22. The Bertz CT molecular complexity index is 880. The molecule has 0 aliphatic carbocycles. The quantitative estimate of drug-likeness (QED) is 0.568. The lowest BCUT2D eigenvalue weighted by atomic mass is 10.2. The first kappa shape index (κ1) is 19.5. The Kier molecular flexibility index (Phi) is 6.74. The molecule has 0 fully saturated rings. The number of carbonyl (C=O) groups excluding carboxylic acids is 1. The fourth-order valence-corrected chi connectivity index (χ4v) is 2.40. The van der Waals surface area contributed by atoms with Crippen LogP contribution in [0.4, 0.5) is 0 Å². The van der Waals surface area contributed by atoms with Crippen molar-refractivity contribution in [1.29, 1.82) is 0 Å². The first-order chi connectivity index (χ1) is 12.4. The summed E-state index contributed by atoms with van der Waals surface area (Å²) in [6, 6.07) is 4.79. The summed E-state index contributed by atoms with van der Waals surface area (Å²) < 4.78 is 11.0. The third-order valence-corrected chi connectivity index (χ3v) is 3.39. The van der Waals surface area contributed by atoms with Crippen molar-refractivity contribution in [3.63, 3.8) is 0 Å². The molecule has 0 radical (unpaired) electrons. The third kappa shape index (κ3) is 5.06. The van der Waals surface area contributed by atoms with Crippen molar-refractivity contribution < 1.29 is 14.3 Å². The number of aryl methyl sites for hydroxylation is 1. The lowest BCUT2D eigenvalue weighted by Crippen LogP contribution is -2.24. The second kappa shape index (κ2) is 9.00. The molecule has 2 aromatic rings. The summed E-state index contributed by atoms with van der Waals surface area (Å²) in [7, 11) is 0. The number of amides is 1. The molecule has 9 heteroatoms. The minimum Gasteiger partial charge on any atom is -0.490 e. The summed E-state index contributed by atoms with van der Waals surface area (Å²) in [4.78, 5) is 29.4. The largest absolute Gasteiger partial charge is 0.490 e. The van der Waals surface area contributed by atoms with Crippen molar-refractivity contribution in [3.8, 4) is 11.5 Å². The number of hydrogen-bond acceptors (Lipinski definition) is 6. The van der Waals surface area contributed by atoms with Crippen molar-refractivity contribution >= 4 is 23.7 Å². The number of H-pyrrole nitrogens is 1. The van der Waals surface area contributed by atoms with Crippen LogP contribution in [0.1, 0.15) is 35.6 Å². The van der Waals surface area contributed by atoms with Crippen LogP contribution >= 0.6 is 11.6 Å². The van der Waals surface area contributed by atoms with Crippen LogP contribution in [0.2, 0.25) is 5.02 Å². The highest BCUT2D eigenvalue weighted by molar-refractivity contribution is 6.32. The average molecular weight is 379 g/mol. The van der Waals surface area contributed by atoms with E-state index in [1.165, 1.54) is 12.3 Å². The molecule has 2 rings (SSSR count). The van der Waals surface area contributed by atoms with Crippen LogP contribution in [-0.4, -0.2) is 35.3 Å². The molecule has 1 amide bonds. The molecule has 2 N–H and O–H groups in total. The van der Waals surface area contributed by atoms with E-state index < -0.39 is 11.6 Å². The van der Waals surface area contributed by atoms with E-state index in [9.17, 15) is 9.59 Å². The molecule has 1 heterocycles. The maximum Gasteiger partial charge on any atom is 0.345 e. The Balaban J connectivity index is 2.16. The normalized spacial score (nSPS) is 10.8. The van der Waals surface area contributed by atoms with Crippen LogP contribution < -0.4 is 20.6 Å². The van der Waals surface area contributed by atoms with Gasteiger partial charge in [0.05, 0.1) is 24.5 Å². The van der Waals surface area contributed by atoms with Crippen molar-refractivity contribution in [2.24, 2.45) is 5.10 Å². The van der Waals surface area contributed by atoms with E-state index in [1.807, 2.05) is 13.8 Å². The summed E-state index contributed by atoms with van der Waals surface area (Å²) in [5, 5.41) is 4.24. The number of nitrogens with one attached hydrogen (secondary N) is 2. The second-order valence-electron chi connectivity index (χ2n) is 5.15. The summed E-state index contributed by atoms with van der Waals surface area (Å²) in [6.07, 6.45) is 1.40. The minimum atomic E-state index is -0.600. The van der Waals surface area contributed by atoms with Gasteiger partial charge in [-0.15, -0.1) is 0 Å². The summed E-state index contributed by atoms with van der Waals surface area (Å²) in [6.45, 7) is 6.25. The monoisotopic (exact) mass is 378 g/mol. The molecule has 26 heavy (non-hydrogen) atoms. The van der Waals surface area contributed by atoms with E-state index in [-0.39, 0.29) is 5.69 Å². The van der Waals surface area contributed by atoms with Crippen LogP contribution in [0.15, 0.2) is 28.1 Å². The zero-order valence-electron chi connectivity index (χ0n) is 14.6. The second-order valence-corrected chi connectivity index (χ2v) is 5.56. The van der Waals surface area contributed by atoms with E-state index in [4.69, 9.17) is 21.1 Å². The molecule has 1 aromatic heterocycles. The van der Waals surface area contributed by atoms with Gasteiger partial charge in [0.15, 0.2) is 11.5 Å². The average Bonchev–Trinajstić information content (AvgIpc) is 2.57. The lowest BCUT2D eigenvalue weighted by Gasteiger charge is -2.13. The fraction of sp³-hybridized carbons (Fsp3) is 0.294. The molecular weight excluding hydrogens is 360 g/mol. The highest BCUT2D eigenvalue weighted by Gasteiger charge is 2.12. The van der Waals surface area contributed by atoms with E-state index >= 15 is 0 Å². The predicted octanol–water partition coefficient (Wildman–Crippen LogP) is 2.29. The molecule has 0 aliphatic rings. The molecule has 0 atom stereocenters. The Morgan fingerprint density at radius 2 is 2.04 bits per heavy atom. The molecular formula is C17H19ClN4O4. The number of hydrazone groups is 1. The Hall–Kier alpha value is -2.87. The van der Waals surface area contributed by atoms with Crippen molar-refractivity contribution in [3.05, 3.63) is 50.7 Å². The van der Waals surface area contributed by atoms with Gasteiger partial charge in [0.2, 0.25) is 0 Å². The van der Waals surface area contributed by atoms with Gasteiger partial charge in [-0.05, 0) is 44.5 Å². The molecule has 0 saturated carbocycles. The Morgan fingerprint density at radius 1 is 1.31 bits per heavy atom. The van der Waals surface area contributed by atoms with E-state index in [2.05, 4.69) is 20.5 Å². The van der Waals surface area contributed by atoms with Crippen LogP contribution in [0.25, 0.3) is 0 Å². The van der Waals surface area contributed by atoms with Gasteiger partial charge >= 0.3 is 5.69 Å². The van der Waals surface area contributed by atoms with Crippen LogP contribution in [-0.2, 0) is 0 Å². The van der Waals surface area contributed by atoms with E-state index in [0.29, 0.717) is 41.0 Å². The fourth-order valence-electron chi connectivity index (χ4n) is 2.13.